The van der Waals surface area contributed by atoms with Crippen molar-refractivity contribution in [3.8, 4) is 0 Å². The maximum atomic E-state index is 12.5. The van der Waals surface area contributed by atoms with Gasteiger partial charge < -0.3 is 5.73 Å². The molecule has 1 nitrogen and oxygen atoms in total. The van der Waals surface area contributed by atoms with Crippen LogP contribution in [0.15, 0.2) is 18.2 Å². The van der Waals surface area contributed by atoms with E-state index < -0.39 is 0 Å². The molecule has 1 aromatic rings. The smallest absolute Gasteiger partial charge is 0.126 e. The SMILES string of the molecule is CC.CC.CC(C)(C)CN.CCC(C)CC.Cc1ccc(F)c(C)c1. The number of nitrogens with two attached hydrogens (primary N) is 1. The van der Waals surface area contributed by atoms with Crippen LogP contribution in [0.1, 0.15) is 93.2 Å². The van der Waals surface area contributed by atoms with Crippen LogP contribution in [-0.2, 0) is 0 Å². The monoisotopic (exact) mass is 357 g/mol. The molecule has 0 aromatic heterocycles. The van der Waals surface area contributed by atoms with Gasteiger partial charge >= 0.3 is 0 Å². The van der Waals surface area contributed by atoms with E-state index in [9.17, 15) is 4.39 Å². The lowest BCUT2D eigenvalue weighted by Crippen LogP contribution is -2.18. The van der Waals surface area contributed by atoms with Gasteiger partial charge in [-0.05, 0) is 43.4 Å². The minimum Gasteiger partial charge on any atom is -0.330 e. The van der Waals surface area contributed by atoms with Gasteiger partial charge in [0.1, 0.15) is 5.82 Å². The maximum absolute atomic E-state index is 12.5. The van der Waals surface area contributed by atoms with Gasteiger partial charge in [-0.25, -0.2) is 4.39 Å². The first-order chi connectivity index (χ1) is 11.6. The molecule has 0 bridgehead atoms. The van der Waals surface area contributed by atoms with Crippen molar-refractivity contribution in [2.24, 2.45) is 17.1 Å². The van der Waals surface area contributed by atoms with Crippen LogP contribution < -0.4 is 5.73 Å². The molecule has 0 aliphatic heterocycles. The molecular weight excluding hydrogens is 309 g/mol. The van der Waals surface area contributed by atoms with Gasteiger partial charge in [-0.1, -0.05) is 99.8 Å². The quantitative estimate of drug-likeness (QED) is 0.571. The van der Waals surface area contributed by atoms with Crippen molar-refractivity contribution in [3.05, 3.63) is 35.1 Å². The molecule has 0 heterocycles. The summed E-state index contributed by atoms with van der Waals surface area (Å²) in [7, 11) is 0. The Bertz CT molecular complexity index is 363. The second-order valence-corrected chi connectivity index (χ2v) is 6.94. The highest BCUT2D eigenvalue weighted by Crippen LogP contribution is 2.08. The zero-order valence-corrected chi connectivity index (χ0v) is 19.4. The number of halogens is 1. The minimum absolute atomic E-state index is 0.124. The molecule has 0 spiro atoms. The summed E-state index contributed by atoms with van der Waals surface area (Å²) in [6, 6.07) is 5.09. The Morgan fingerprint density at radius 1 is 0.960 bits per heavy atom. The number of benzene rings is 1. The Morgan fingerprint density at radius 2 is 1.32 bits per heavy atom. The molecule has 0 unspecified atom stereocenters. The lowest BCUT2D eigenvalue weighted by atomic mass is 9.98. The molecule has 0 saturated carbocycles. The van der Waals surface area contributed by atoms with Gasteiger partial charge in [0.25, 0.3) is 0 Å². The number of hydrogen-bond donors (Lipinski definition) is 1. The van der Waals surface area contributed by atoms with Gasteiger partial charge in [-0.2, -0.15) is 0 Å². The van der Waals surface area contributed by atoms with Crippen LogP contribution >= 0.6 is 0 Å². The van der Waals surface area contributed by atoms with Crippen LogP contribution in [0.25, 0.3) is 0 Å². The van der Waals surface area contributed by atoms with E-state index in [2.05, 4.69) is 41.5 Å². The molecule has 0 amide bonds. The van der Waals surface area contributed by atoms with Crippen LogP contribution in [0.4, 0.5) is 4.39 Å². The van der Waals surface area contributed by atoms with Crippen molar-refractivity contribution < 1.29 is 4.39 Å². The summed E-state index contributed by atoms with van der Waals surface area (Å²) < 4.78 is 12.5. The molecule has 0 atom stereocenters. The van der Waals surface area contributed by atoms with Crippen LogP contribution in [-0.4, -0.2) is 6.54 Å². The Labute approximate surface area is 159 Å². The van der Waals surface area contributed by atoms with Gasteiger partial charge in [0.05, 0.1) is 0 Å². The molecule has 0 saturated heterocycles. The summed E-state index contributed by atoms with van der Waals surface area (Å²) in [5, 5.41) is 0. The Kier molecular flexibility index (Phi) is 26.9. The highest BCUT2D eigenvalue weighted by atomic mass is 19.1. The van der Waals surface area contributed by atoms with E-state index in [1.165, 1.54) is 18.9 Å². The lowest BCUT2D eigenvalue weighted by Gasteiger charge is -2.12. The van der Waals surface area contributed by atoms with Gasteiger partial charge in [0.2, 0.25) is 0 Å². The number of rotatable bonds is 2. The molecule has 0 radical (unpaired) electrons. The number of aryl methyl sites for hydroxylation is 2. The third-order valence-electron chi connectivity index (χ3n) is 3.32. The summed E-state index contributed by atoms with van der Waals surface area (Å²) in [6.45, 7) is 25.6. The molecule has 2 heteroatoms. The first-order valence-electron chi connectivity index (χ1n) is 10.00. The fourth-order valence-electron chi connectivity index (χ4n) is 1.08. The third kappa shape index (κ3) is 28.2. The van der Waals surface area contributed by atoms with Gasteiger partial charge in [-0.15, -0.1) is 0 Å². The van der Waals surface area contributed by atoms with Crippen molar-refractivity contribution in [3.63, 3.8) is 0 Å². The van der Waals surface area contributed by atoms with Crippen molar-refractivity contribution in [2.75, 3.05) is 6.54 Å². The standard InChI is InChI=1S/C8H9F.C6H14.C5H13N.2C2H6/c1-6-3-4-8(9)7(2)5-6;1-4-6(3)5-2;1-5(2,3)4-6;2*1-2/h3-5H,1-2H3;6H,4-5H2,1-3H3;4,6H2,1-3H3;2*1-2H3. The second kappa shape index (κ2) is 21.2. The van der Waals surface area contributed by atoms with E-state index in [1.54, 1.807) is 13.0 Å². The molecule has 0 aliphatic carbocycles. The zero-order valence-electron chi connectivity index (χ0n) is 19.4. The van der Waals surface area contributed by atoms with E-state index in [0.717, 1.165) is 23.6 Å². The Balaban J connectivity index is -0.000000123. The first kappa shape index (κ1) is 31.8. The molecule has 1 aromatic carbocycles. The van der Waals surface area contributed by atoms with Crippen LogP contribution in [0.5, 0.6) is 0 Å². The van der Waals surface area contributed by atoms with Crippen molar-refractivity contribution in [2.45, 2.75) is 95.9 Å². The molecular formula is C23H48FN. The van der Waals surface area contributed by atoms with Crippen molar-refractivity contribution >= 4 is 0 Å². The minimum atomic E-state index is -0.124. The van der Waals surface area contributed by atoms with Crippen LogP contribution in [0, 0.1) is 31.0 Å². The normalized spacial score (nSPS) is 9.24. The summed E-state index contributed by atoms with van der Waals surface area (Å²) in [6.07, 6.45) is 2.66. The average Bonchev–Trinajstić information content (AvgIpc) is 2.61. The van der Waals surface area contributed by atoms with Gasteiger partial charge in [-0.3, -0.25) is 0 Å². The fourth-order valence-corrected chi connectivity index (χ4v) is 1.08. The zero-order chi connectivity index (χ0) is 21.1. The third-order valence-corrected chi connectivity index (χ3v) is 3.32. The largest absolute Gasteiger partial charge is 0.330 e. The Morgan fingerprint density at radius 3 is 1.48 bits per heavy atom. The molecule has 2 N–H and O–H groups in total. The van der Waals surface area contributed by atoms with Crippen molar-refractivity contribution in [1.29, 1.82) is 0 Å². The van der Waals surface area contributed by atoms with Gasteiger partial charge in [0.15, 0.2) is 0 Å². The summed E-state index contributed by atoms with van der Waals surface area (Å²) in [5.74, 6) is 0.811. The second-order valence-electron chi connectivity index (χ2n) is 6.94. The van der Waals surface area contributed by atoms with Crippen LogP contribution in [0.2, 0.25) is 0 Å². The highest BCUT2D eigenvalue weighted by molar-refractivity contribution is 5.22. The van der Waals surface area contributed by atoms with Gasteiger partial charge in [0, 0.05) is 0 Å². The first-order valence-corrected chi connectivity index (χ1v) is 10.00. The van der Waals surface area contributed by atoms with E-state index >= 15 is 0 Å². The molecule has 0 fully saturated rings. The maximum Gasteiger partial charge on any atom is 0.126 e. The summed E-state index contributed by atoms with van der Waals surface area (Å²) >= 11 is 0. The lowest BCUT2D eigenvalue weighted by molar-refractivity contribution is 0.428. The van der Waals surface area contributed by atoms with E-state index in [0.29, 0.717) is 5.41 Å². The summed E-state index contributed by atoms with van der Waals surface area (Å²) in [4.78, 5) is 0. The Hall–Kier alpha value is -0.890. The topological polar surface area (TPSA) is 26.0 Å². The van der Waals surface area contributed by atoms with E-state index in [1.807, 2.05) is 40.7 Å². The predicted octanol–water partition coefficient (Wildman–Crippen LogP) is 7.93. The molecule has 25 heavy (non-hydrogen) atoms. The molecule has 1 rings (SSSR count). The fraction of sp³-hybridized carbons (Fsp3) is 0.739. The number of hydrogen-bond acceptors (Lipinski definition) is 1. The highest BCUT2D eigenvalue weighted by Gasteiger charge is 2.03. The predicted molar refractivity (Wildman–Crippen MR) is 117 cm³/mol. The van der Waals surface area contributed by atoms with E-state index in [4.69, 9.17) is 5.73 Å². The van der Waals surface area contributed by atoms with Crippen molar-refractivity contribution in [1.82, 2.24) is 0 Å². The molecule has 0 aliphatic rings. The van der Waals surface area contributed by atoms with E-state index in [-0.39, 0.29) is 5.82 Å². The molecule has 152 valence electrons. The average molecular weight is 358 g/mol. The van der Waals surface area contributed by atoms with Crippen LogP contribution in [0.3, 0.4) is 0 Å². The summed E-state index contributed by atoms with van der Waals surface area (Å²) in [5.41, 5.74) is 7.45.